The Kier molecular flexibility index (Phi) is 6.65. The second-order valence-corrected chi connectivity index (χ2v) is 7.88. The van der Waals surface area contributed by atoms with Crippen LogP contribution in [0.3, 0.4) is 0 Å². The SMILES string of the molecule is O=C(/C=C/c1nc2ccccc2s1)NCc1ccccc1COCc1ccccc1. The number of nitrogens with zero attached hydrogens (tertiary/aromatic N) is 1. The second kappa shape index (κ2) is 9.96. The van der Waals surface area contributed by atoms with Gasteiger partial charge in [-0.3, -0.25) is 4.79 Å². The van der Waals surface area contributed by atoms with Crippen molar-refractivity contribution in [2.75, 3.05) is 0 Å². The molecule has 1 amide bonds. The first-order chi connectivity index (χ1) is 14.8. The molecule has 0 atom stereocenters. The summed E-state index contributed by atoms with van der Waals surface area (Å²) >= 11 is 1.57. The maximum Gasteiger partial charge on any atom is 0.244 e. The van der Waals surface area contributed by atoms with Crippen molar-refractivity contribution in [2.24, 2.45) is 0 Å². The van der Waals surface area contributed by atoms with Crippen LogP contribution in [-0.4, -0.2) is 10.9 Å². The van der Waals surface area contributed by atoms with Gasteiger partial charge in [0.2, 0.25) is 5.91 Å². The van der Waals surface area contributed by atoms with E-state index in [0.29, 0.717) is 19.8 Å². The number of hydrogen-bond donors (Lipinski definition) is 1. The van der Waals surface area contributed by atoms with Crippen molar-refractivity contribution in [3.8, 4) is 0 Å². The second-order valence-electron chi connectivity index (χ2n) is 6.82. The minimum absolute atomic E-state index is 0.144. The average Bonchev–Trinajstić information content (AvgIpc) is 3.21. The van der Waals surface area contributed by atoms with Gasteiger partial charge in [-0.05, 0) is 34.9 Å². The van der Waals surface area contributed by atoms with Gasteiger partial charge in [-0.2, -0.15) is 0 Å². The lowest BCUT2D eigenvalue weighted by Gasteiger charge is -2.11. The Labute approximate surface area is 179 Å². The number of benzene rings is 3. The smallest absolute Gasteiger partial charge is 0.244 e. The molecule has 0 aliphatic heterocycles. The number of aromatic nitrogens is 1. The largest absolute Gasteiger partial charge is 0.372 e. The van der Waals surface area contributed by atoms with Crippen LogP contribution in [0.2, 0.25) is 0 Å². The molecule has 0 saturated carbocycles. The van der Waals surface area contributed by atoms with Crippen molar-refractivity contribution in [3.05, 3.63) is 107 Å². The van der Waals surface area contributed by atoms with E-state index in [0.717, 1.165) is 31.9 Å². The van der Waals surface area contributed by atoms with E-state index in [1.807, 2.05) is 78.9 Å². The van der Waals surface area contributed by atoms with Gasteiger partial charge in [-0.15, -0.1) is 11.3 Å². The van der Waals surface area contributed by atoms with Crippen LogP contribution < -0.4 is 5.32 Å². The standard InChI is InChI=1S/C25H22N2O2S/c28-24(14-15-25-27-22-12-6-7-13-23(22)30-25)26-16-20-10-4-5-11-21(20)18-29-17-19-8-2-1-3-9-19/h1-15H,16-18H2,(H,26,28)/b15-14+. The number of carbonyl (C=O) groups is 1. The predicted molar refractivity (Wildman–Crippen MR) is 122 cm³/mol. The molecule has 3 aromatic carbocycles. The molecular weight excluding hydrogens is 392 g/mol. The Hall–Kier alpha value is -3.28. The molecule has 1 heterocycles. The molecule has 4 nitrogen and oxygen atoms in total. The minimum Gasteiger partial charge on any atom is -0.372 e. The van der Waals surface area contributed by atoms with Crippen LogP contribution in [0.1, 0.15) is 21.7 Å². The monoisotopic (exact) mass is 414 g/mol. The quantitative estimate of drug-likeness (QED) is 0.396. The molecule has 0 bridgehead atoms. The Morgan fingerprint density at radius 2 is 1.63 bits per heavy atom. The zero-order valence-corrected chi connectivity index (χ0v) is 17.3. The molecule has 1 N–H and O–H groups in total. The van der Waals surface area contributed by atoms with E-state index in [1.54, 1.807) is 17.4 Å². The first kappa shape index (κ1) is 20.0. The van der Waals surface area contributed by atoms with Crippen LogP contribution in [0, 0.1) is 0 Å². The van der Waals surface area contributed by atoms with Gasteiger partial charge in [0.25, 0.3) is 0 Å². The number of fused-ring (bicyclic) bond motifs is 1. The van der Waals surface area contributed by atoms with Crippen LogP contribution in [0.5, 0.6) is 0 Å². The van der Waals surface area contributed by atoms with Gasteiger partial charge in [0, 0.05) is 12.6 Å². The molecule has 1 aromatic heterocycles. The lowest BCUT2D eigenvalue weighted by Crippen LogP contribution is -2.21. The highest BCUT2D eigenvalue weighted by Crippen LogP contribution is 2.22. The molecule has 150 valence electrons. The van der Waals surface area contributed by atoms with Gasteiger partial charge in [-0.1, -0.05) is 66.7 Å². The molecule has 0 aliphatic carbocycles. The fourth-order valence-corrected chi connectivity index (χ4v) is 3.94. The first-order valence-electron chi connectivity index (χ1n) is 9.78. The lowest BCUT2D eigenvalue weighted by molar-refractivity contribution is -0.116. The zero-order valence-electron chi connectivity index (χ0n) is 16.5. The fraction of sp³-hybridized carbons (Fsp3) is 0.120. The highest BCUT2D eigenvalue weighted by molar-refractivity contribution is 7.19. The van der Waals surface area contributed by atoms with Gasteiger partial charge in [-0.25, -0.2) is 4.98 Å². The Balaban J connectivity index is 1.31. The van der Waals surface area contributed by atoms with Crippen molar-refractivity contribution in [1.29, 1.82) is 0 Å². The summed E-state index contributed by atoms with van der Waals surface area (Å²) in [6.07, 6.45) is 3.29. The number of nitrogens with one attached hydrogen (secondary N) is 1. The Morgan fingerprint density at radius 1 is 0.900 bits per heavy atom. The topological polar surface area (TPSA) is 51.2 Å². The van der Waals surface area contributed by atoms with E-state index in [1.165, 1.54) is 6.08 Å². The van der Waals surface area contributed by atoms with E-state index in [2.05, 4.69) is 10.3 Å². The van der Waals surface area contributed by atoms with Gasteiger partial charge in [0.05, 0.1) is 23.4 Å². The van der Waals surface area contributed by atoms with Crippen molar-refractivity contribution in [3.63, 3.8) is 0 Å². The van der Waals surface area contributed by atoms with E-state index in [9.17, 15) is 4.79 Å². The van der Waals surface area contributed by atoms with Gasteiger partial charge in [0.1, 0.15) is 5.01 Å². The summed E-state index contributed by atoms with van der Waals surface area (Å²) in [4.78, 5) is 16.8. The van der Waals surface area contributed by atoms with Crippen molar-refractivity contribution in [1.82, 2.24) is 10.3 Å². The molecule has 0 unspecified atom stereocenters. The van der Waals surface area contributed by atoms with Crippen molar-refractivity contribution >= 4 is 33.5 Å². The van der Waals surface area contributed by atoms with Crippen LogP contribution in [0.25, 0.3) is 16.3 Å². The lowest BCUT2D eigenvalue weighted by atomic mass is 10.1. The van der Waals surface area contributed by atoms with Crippen LogP contribution in [-0.2, 0) is 29.3 Å². The number of ether oxygens (including phenoxy) is 1. The molecular formula is C25H22N2O2S. The molecule has 30 heavy (non-hydrogen) atoms. The molecule has 0 spiro atoms. The molecule has 0 radical (unpaired) electrons. The third-order valence-electron chi connectivity index (χ3n) is 4.63. The van der Waals surface area contributed by atoms with Crippen molar-refractivity contribution in [2.45, 2.75) is 19.8 Å². The van der Waals surface area contributed by atoms with Crippen LogP contribution >= 0.6 is 11.3 Å². The third kappa shape index (κ3) is 5.41. The van der Waals surface area contributed by atoms with Crippen LogP contribution in [0.15, 0.2) is 84.9 Å². The summed E-state index contributed by atoms with van der Waals surface area (Å²) in [5, 5.41) is 3.77. The predicted octanol–water partition coefficient (Wildman–Crippen LogP) is 5.34. The third-order valence-corrected chi connectivity index (χ3v) is 5.63. The summed E-state index contributed by atoms with van der Waals surface area (Å²) in [6, 6.07) is 26.0. The summed E-state index contributed by atoms with van der Waals surface area (Å²) in [7, 11) is 0. The van der Waals surface area contributed by atoms with Gasteiger partial charge < -0.3 is 10.1 Å². The number of hydrogen-bond acceptors (Lipinski definition) is 4. The van der Waals surface area contributed by atoms with Crippen LogP contribution in [0.4, 0.5) is 0 Å². The number of thiazole rings is 1. The first-order valence-corrected chi connectivity index (χ1v) is 10.6. The van der Waals surface area contributed by atoms with E-state index >= 15 is 0 Å². The number of para-hydroxylation sites is 1. The molecule has 5 heteroatoms. The van der Waals surface area contributed by atoms with E-state index < -0.39 is 0 Å². The fourth-order valence-electron chi connectivity index (χ4n) is 3.07. The maximum absolute atomic E-state index is 12.3. The number of rotatable bonds is 8. The Bertz CT molecular complexity index is 1120. The zero-order chi connectivity index (χ0) is 20.6. The maximum atomic E-state index is 12.3. The molecule has 0 aliphatic rings. The van der Waals surface area contributed by atoms with Gasteiger partial charge >= 0.3 is 0 Å². The molecule has 4 aromatic rings. The summed E-state index contributed by atoms with van der Waals surface area (Å²) in [5.74, 6) is -0.144. The highest BCUT2D eigenvalue weighted by Gasteiger charge is 2.05. The summed E-state index contributed by atoms with van der Waals surface area (Å²) in [6.45, 7) is 1.52. The number of amides is 1. The van der Waals surface area contributed by atoms with Gasteiger partial charge in [0.15, 0.2) is 0 Å². The Morgan fingerprint density at radius 3 is 2.47 bits per heavy atom. The molecule has 0 fully saturated rings. The van der Waals surface area contributed by atoms with E-state index in [4.69, 9.17) is 4.74 Å². The van der Waals surface area contributed by atoms with Crippen molar-refractivity contribution < 1.29 is 9.53 Å². The minimum atomic E-state index is -0.144. The number of carbonyl (C=O) groups excluding carboxylic acids is 1. The molecule has 4 rings (SSSR count). The highest BCUT2D eigenvalue weighted by atomic mass is 32.1. The summed E-state index contributed by atoms with van der Waals surface area (Å²) in [5.41, 5.74) is 4.21. The average molecular weight is 415 g/mol. The van der Waals surface area contributed by atoms with E-state index in [-0.39, 0.29) is 5.91 Å². The normalized spacial score (nSPS) is 11.2. The summed E-state index contributed by atoms with van der Waals surface area (Å²) < 4.78 is 6.97. The molecule has 0 saturated heterocycles.